The van der Waals surface area contributed by atoms with Gasteiger partial charge >= 0.3 is 0 Å². The summed E-state index contributed by atoms with van der Waals surface area (Å²) >= 11 is 0. The van der Waals surface area contributed by atoms with Gasteiger partial charge in [-0.15, -0.1) is 0 Å². The summed E-state index contributed by atoms with van der Waals surface area (Å²) < 4.78 is 0. The van der Waals surface area contributed by atoms with Gasteiger partial charge in [-0.3, -0.25) is 0 Å². The van der Waals surface area contributed by atoms with Crippen molar-refractivity contribution < 1.29 is 0 Å². The van der Waals surface area contributed by atoms with E-state index in [0.29, 0.717) is 0 Å². The van der Waals surface area contributed by atoms with E-state index in [1.807, 2.05) is 6.92 Å². The molecule has 58 valence electrons. The molecule has 10 heavy (non-hydrogen) atoms. The second-order valence-electron chi connectivity index (χ2n) is 3.51. The van der Waals surface area contributed by atoms with E-state index in [1.54, 1.807) is 0 Å². The summed E-state index contributed by atoms with van der Waals surface area (Å²) in [4.78, 5) is 2.24. The number of likely N-dealkylation sites (tertiary alicyclic amines) is 1. The van der Waals surface area contributed by atoms with Gasteiger partial charge in [0.1, 0.15) is 0 Å². The highest BCUT2D eigenvalue weighted by Gasteiger charge is 2.27. The fourth-order valence-electron chi connectivity index (χ4n) is 1.36. The molecule has 2 heteroatoms. The quantitative estimate of drug-likeness (QED) is 0.499. The first-order valence-corrected chi connectivity index (χ1v) is 3.68. The first-order valence-electron chi connectivity index (χ1n) is 3.68. The van der Waals surface area contributed by atoms with Crippen molar-refractivity contribution in [3.05, 3.63) is 12.2 Å². The summed E-state index contributed by atoms with van der Waals surface area (Å²) in [6.45, 7) is 8.04. The Morgan fingerprint density at radius 2 is 2.30 bits per heavy atom. The molecule has 1 aliphatic rings. The normalized spacial score (nSPS) is 36.5. The third kappa shape index (κ3) is 1.39. The van der Waals surface area contributed by atoms with Crippen molar-refractivity contribution in [3.8, 4) is 0 Å². The Morgan fingerprint density at radius 3 is 2.70 bits per heavy atom. The van der Waals surface area contributed by atoms with E-state index < -0.39 is 0 Å². The van der Waals surface area contributed by atoms with E-state index in [1.165, 1.54) is 5.57 Å². The lowest BCUT2D eigenvalue weighted by Crippen LogP contribution is -2.52. The summed E-state index contributed by atoms with van der Waals surface area (Å²) in [6.07, 6.45) is 1.05. The van der Waals surface area contributed by atoms with Crippen LogP contribution in [0, 0.1) is 0 Å². The fraction of sp³-hybridized carbons (Fsp3) is 0.750. The van der Waals surface area contributed by atoms with E-state index in [0.717, 1.165) is 19.5 Å². The zero-order chi connectivity index (χ0) is 7.78. The minimum Gasteiger partial charge on any atom is -0.321 e. The topological polar surface area (TPSA) is 29.3 Å². The molecule has 0 aliphatic carbocycles. The van der Waals surface area contributed by atoms with Crippen molar-refractivity contribution in [1.29, 1.82) is 0 Å². The molecular weight excluding hydrogens is 124 g/mol. The van der Waals surface area contributed by atoms with Crippen LogP contribution >= 0.6 is 0 Å². The molecule has 0 spiro atoms. The SMILES string of the molecule is C=C1CCN(C)CC1(C)N. The molecule has 0 aromatic heterocycles. The number of piperidine rings is 1. The molecule has 0 amide bonds. The van der Waals surface area contributed by atoms with Gasteiger partial charge in [-0.1, -0.05) is 12.2 Å². The summed E-state index contributed by atoms with van der Waals surface area (Å²) in [5, 5.41) is 0. The van der Waals surface area contributed by atoms with Gasteiger partial charge in [0.25, 0.3) is 0 Å². The minimum atomic E-state index is -0.160. The number of nitrogens with two attached hydrogens (primary N) is 1. The Bertz CT molecular complexity index is 149. The largest absolute Gasteiger partial charge is 0.321 e. The average molecular weight is 140 g/mol. The third-order valence-electron chi connectivity index (χ3n) is 2.20. The van der Waals surface area contributed by atoms with Crippen LogP contribution in [-0.4, -0.2) is 30.6 Å². The molecule has 0 saturated carbocycles. The molecule has 1 atom stereocenters. The van der Waals surface area contributed by atoms with Crippen LogP contribution in [0.25, 0.3) is 0 Å². The zero-order valence-electron chi connectivity index (χ0n) is 6.85. The van der Waals surface area contributed by atoms with E-state index in [2.05, 4.69) is 18.5 Å². The molecule has 0 aromatic carbocycles. The maximum absolute atomic E-state index is 5.97. The predicted octanol–water partition coefficient (Wildman–Crippen LogP) is 0.596. The number of hydrogen-bond acceptors (Lipinski definition) is 2. The lowest BCUT2D eigenvalue weighted by Gasteiger charge is -2.37. The van der Waals surface area contributed by atoms with Crippen LogP contribution in [0.2, 0.25) is 0 Å². The summed E-state index contributed by atoms with van der Waals surface area (Å²) in [6, 6.07) is 0. The summed E-state index contributed by atoms with van der Waals surface area (Å²) in [7, 11) is 2.09. The van der Waals surface area contributed by atoms with Gasteiger partial charge in [-0.05, 0) is 20.4 Å². The van der Waals surface area contributed by atoms with Gasteiger partial charge < -0.3 is 10.6 Å². The van der Waals surface area contributed by atoms with Crippen molar-refractivity contribution in [2.45, 2.75) is 18.9 Å². The molecule has 0 aromatic rings. The van der Waals surface area contributed by atoms with E-state index in [9.17, 15) is 0 Å². The van der Waals surface area contributed by atoms with Gasteiger partial charge in [0, 0.05) is 18.6 Å². The van der Waals surface area contributed by atoms with Crippen LogP contribution in [0.5, 0.6) is 0 Å². The zero-order valence-corrected chi connectivity index (χ0v) is 6.85. The standard InChI is InChI=1S/C8H16N2/c1-7-4-5-10(3)6-8(7,2)9/h1,4-6,9H2,2-3H3. The molecule has 1 aliphatic heterocycles. The lowest BCUT2D eigenvalue weighted by atomic mass is 9.88. The highest BCUT2D eigenvalue weighted by molar-refractivity contribution is 5.17. The highest BCUT2D eigenvalue weighted by Crippen LogP contribution is 2.21. The van der Waals surface area contributed by atoms with Crippen LogP contribution in [0.3, 0.4) is 0 Å². The van der Waals surface area contributed by atoms with Crippen molar-refractivity contribution in [1.82, 2.24) is 4.90 Å². The van der Waals surface area contributed by atoms with E-state index in [-0.39, 0.29) is 5.54 Å². The van der Waals surface area contributed by atoms with Crippen molar-refractivity contribution in [3.63, 3.8) is 0 Å². The first-order chi connectivity index (χ1) is 4.52. The van der Waals surface area contributed by atoms with Crippen molar-refractivity contribution >= 4 is 0 Å². The molecule has 1 unspecified atom stereocenters. The molecule has 1 fully saturated rings. The lowest BCUT2D eigenvalue weighted by molar-refractivity contribution is 0.242. The Hall–Kier alpha value is -0.340. The van der Waals surface area contributed by atoms with Crippen LogP contribution in [0.1, 0.15) is 13.3 Å². The number of nitrogens with zero attached hydrogens (tertiary/aromatic N) is 1. The molecule has 2 N–H and O–H groups in total. The van der Waals surface area contributed by atoms with Crippen molar-refractivity contribution in [2.24, 2.45) is 5.73 Å². The second kappa shape index (κ2) is 2.36. The summed E-state index contributed by atoms with van der Waals surface area (Å²) in [5.41, 5.74) is 7.00. The molecule has 2 nitrogen and oxygen atoms in total. The molecule has 0 bridgehead atoms. The Labute approximate surface area is 62.7 Å². The third-order valence-corrected chi connectivity index (χ3v) is 2.20. The van der Waals surface area contributed by atoms with Gasteiger partial charge in [0.2, 0.25) is 0 Å². The highest BCUT2D eigenvalue weighted by atomic mass is 15.1. The molecular formula is C8H16N2. The van der Waals surface area contributed by atoms with Crippen LogP contribution in [0.4, 0.5) is 0 Å². The predicted molar refractivity (Wildman–Crippen MR) is 43.8 cm³/mol. The van der Waals surface area contributed by atoms with Gasteiger partial charge in [0.15, 0.2) is 0 Å². The maximum Gasteiger partial charge on any atom is 0.0467 e. The Kier molecular flexibility index (Phi) is 1.84. The molecule has 1 rings (SSSR count). The minimum absolute atomic E-state index is 0.160. The van der Waals surface area contributed by atoms with Gasteiger partial charge in [-0.2, -0.15) is 0 Å². The van der Waals surface area contributed by atoms with Crippen LogP contribution in [-0.2, 0) is 0 Å². The second-order valence-corrected chi connectivity index (χ2v) is 3.51. The van der Waals surface area contributed by atoms with Crippen LogP contribution in [0.15, 0.2) is 12.2 Å². The Morgan fingerprint density at radius 1 is 1.70 bits per heavy atom. The smallest absolute Gasteiger partial charge is 0.0467 e. The average Bonchev–Trinajstić information content (AvgIpc) is 1.78. The first kappa shape index (κ1) is 7.76. The number of hydrogen-bond donors (Lipinski definition) is 1. The monoisotopic (exact) mass is 140 g/mol. The molecule has 0 radical (unpaired) electrons. The maximum atomic E-state index is 5.97. The Balaban J connectivity index is 2.63. The van der Waals surface area contributed by atoms with Crippen LogP contribution < -0.4 is 5.73 Å². The van der Waals surface area contributed by atoms with Gasteiger partial charge in [-0.25, -0.2) is 0 Å². The van der Waals surface area contributed by atoms with E-state index >= 15 is 0 Å². The fourth-order valence-corrected chi connectivity index (χ4v) is 1.36. The van der Waals surface area contributed by atoms with Gasteiger partial charge in [0.05, 0.1) is 0 Å². The molecule has 1 saturated heterocycles. The summed E-state index contributed by atoms with van der Waals surface area (Å²) in [5.74, 6) is 0. The van der Waals surface area contributed by atoms with E-state index in [4.69, 9.17) is 5.73 Å². The van der Waals surface area contributed by atoms with Crippen molar-refractivity contribution in [2.75, 3.05) is 20.1 Å². The number of likely N-dealkylation sites (N-methyl/N-ethyl adjacent to an activating group) is 1. The molecule has 1 heterocycles. The number of rotatable bonds is 0.